The number of esters is 1. The maximum atomic E-state index is 13.6. The van der Waals surface area contributed by atoms with E-state index in [2.05, 4.69) is 145 Å². The first kappa shape index (κ1) is 41.1. The van der Waals surface area contributed by atoms with Gasteiger partial charge < -0.3 is 18.7 Å². The second-order valence-corrected chi connectivity index (χ2v) is 25.0. The number of aliphatic hydroxyl groups excluding tert-OH is 1. The van der Waals surface area contributed by atoms with E-state index in [1.54, 1.807) is 6.08 Å². The average Bonchev–Trinajstić information content (AvgIpc) is 3.46. The molecule has 1 aliphatic rings. The molecule has 284 valence electrons. The fraction of sp³-hybridized carbons (Fsp3) is 0.383. The van der Waals surface area contributed by atoms with Crippen LogP contribution in [0.4, 0.5) is 0 Å². The first-order valence-corrected chi connectivity index (χ1v) is 23.1. The molecule has 1 fully saturated rings. The molecule has 54 heavy (non-hydrogen) atoms. The van der Waals surface area contributed by atoms with Crippen LogP contribution < -0.4 is 20.7 Å². The molecule has 4 aromatic carbocycles. The van der Waals surface area contributed by atoms with Gasteiger partial charge in [-0.15, -0.1) is 12.3 Å². The Morgan fingerprint density at radius 2 is 1.13 bits per heavy atom. The van der Waals surface area contributed by atoms with Crippen LogP contribution in [0.15, 0.2) is 133 Å². The molecule has 0 radical (unpaired) electrons. The maximum absolute atomic E-state index is 13.6. The molecule has 1 aliphatic carbocycles. The van der Waals surface area contributed by atoms with Crippen molar-refractivity contribution in [3.8, 4) is 12.3 Å². The third-order valence-corrected chi connectivity index (χ3v) is 21.1. The van der Waals surface area contributed by atoms with Crippen molar-refractivity contribution in [1.82, 2.24) is 0 Å². The van der Waals surface area contributed by atoms with E-state index in [9.17, 15) is 9.90 Å². The first-order chi connectivity index (χ1) is 25.8. The predicted octanol–water partition coefficient (Wildman–Crippen LogP) is 7.41. The zero-order valence-electron chi connectivity index (χ0n) is 33.1. The number of benzene rings is 4. The van der Waals surface area contributed by atoms with E-state index >= 15 is 0 Å². The summed E-state index contributed by atoms with van der Waals surface area (Å²) in [6.45, 7) is 15.8. The van der Waals surface area contributed by atoms with Crippen molar-refractivity contribution in [3.05, 3.63) is 133 Å². The molecule has 4 aromatic rings. The average molecular weight is 759 g/mol. The van der Waals surface area contributed by atoms with Gasteiger partial charge in [0.15, 0.2) is 0 Å². The zero-order chi connectivity index (χ0) is 39.0. The van der Waals surface area contributed by atoms with Crippen LogP contribution in [0.3, 0.4) is 0 Å². The summed E-state index contributed by atoms with van der Waals surface area (Å²) in [5.41, 5.74) is 0. The minimum atomic E-state index is -3.06. The van der Waals surface area contributed by atoms with Gasteiger partial charge in [-0.05, 0) is 44.2 Å². The maximum Gasteiger partial charge on any atom is 0.306 e. The van der Waals surface area contributed by atoms with Gasteiger partial charge in [0.05, 0.1) is 31.3 Å². The van der Waals surface area contributed by atoms with Gasteiger partial charge in [0.1, 0.15) is 0 Å². The smallest absolute Gasteiger partial charge is 0.306 e. The van der Waals surface area contributed by atoms with Gasteiger partial charge in [0, 0.05) is 18.3 Å². The number of carbonyl (C=O) groups excluding carboxylic acids is 1. The molecule has 0 unspecified atom stereocenters. The summed E-state index contributed by atoms with van der Waals surface area (Å²) in [6.07, 6.45) is 8.80. The summed E-state index contributed by atoms with van der Waals surface area (Å²) in [6, 6.07) is 42.5. The molecule has 0 amide bonds. The topological polar surface area (TPSA) is 65.0 Å². The van der Waals surface area contributed by atoms with Crippen LogP contribution in [0.5, 0.6) is 0 Å². The normalized spacial score (nSPS) is 20.1. The Morgan fingerprint density at radius 1 is 0.741 bits per heavy atom. The second-order valence-electron chi connectivity index (χ2n) is 16.5. The van der Waals surface area contributed by atoms with Crippen LogP contribution in [-0.2, 0) is 18.4 Å². The van der Waals surface area contributed by atoms with Crippen LogP contribution in [0, 0.1) is 24.2 Å². The van der Waals surface area contributed by atoms with E-state index in [-0.39, 0.29) is 59.5 Å². The van der Waals surface area contributed by atoms with Gasteiger partial charge in [-0.1, -0.05) is 175 Å². The first-order valence-electron chi connectivity index (χ1n) is 19.3. The Hall–Kier alpha value is -4.04. The molecular formula is C47H58O5Si2. The van der Waals surface area contributed by atoms with E-state index in [0.29, 0.717) is 6.42 Å². The molecule has 5 nitrogen and oxygen atoms in total. The Bertz CT molecular complexity index is 1760. The van der Waals surface area contributed by atoms with Crippen LogP contribution in [0.1, 0.15) is 67.7 Å². The quantitative estimate of drug-likeness (QED) is 0.0629. The van der Waals surface area contributed by atoms with E-state index < -0.39 is 22.7 Å². The Balaban J connectivity index is 1.75. The van der Waals surface area contributed by atoms with E-state index in [4.69, 9.17) is 20.0 Å². The highest BCUT2D eigenvalue weighted by Gasteiger charge is 2.58. The molecule has 1 saturated carbocycles. The molecule has 0 spiro atoms. The van der Waals surface area contributed by atoms with Crippen molar-refractivity contribution >= 4 is 43.4 Å². The monoisotopic (exact) mass is 758 g/mol. The van der Waals surface area contributed by atoms with E-state index in [1.165, 1.54) is 20.7 Å². The van der Waals surface area contributed by atoms with Gasteiger partial charge in [0.25, 0.3) is 16.6 Å². The number of ether oxygens (including phenoxy) is 1. The predicted molar refractivity (Wildman–Crippen MR) is 226 cm³/mol. The lowest BCUT2D eigenvalue weighted by atomic mass is 9.90. The van der Waals surface area contributed by atoms with Gasteiger partial charge in [-0.2, -0.15) is 0 Å². The fourth-order valence-electron chi connectivity index (χ4n) is 8.58. The fourth-order valence-corrected chi connectivity index (χ4v) is 18.0. The van der Waals surface area contributed by atoms with Crippen molar-refractivity contribution in [2.24, 2.45) is 11.8 Å². The summed E-state index contributed by atoms with van der Waals surface area (Å²) in [4.78, 5) is 13.6. The van der Waals surface area contributed by atoms with Crippen LogP contribution in [0.25, 0.3) is 0 Å². The second kappa shape index (κ2) is 17.6. The summed E-state index contributed by atoms with van der Waals surface area (Å²) >= 11 is 0. The van der Waals surface area contributed by atoms with E-state index in [1.807, 2.05) is 37.3 Å². The van der Waals surface area contributed by atoms with Crippen molar-refractivity contribution in [3.63, 3.8) is 0 Å². The number of aliphatic hydroxyl groups is 1. The molecule has 5 rings (SSSR count). The lowest BCUT2D eigenvalue weighted by molar-refractivity contribution is -0.145. The highest BCUT2D eigenvalue weighted by molar-refractivity contribution is 7.00. The van der Waals surface area contributed by atoms with Crippen LogP contribution in [0.2, 0.25) is 10.1 Å². The van der Waals surface area contributed by atoms with Crippen molar-refractivity contribution in [1.29, 1.82) is 0 Å². The molecule has 0 heterocycles. The standard InChI is InChI=1S/C47H58O5Si2/c1-9-23-36(48)32-33-41-42(34-45(49)50-10-2)44(52-54(47(6,7)8,39-28-19-13-20-29-39)40-30-21-14-22-31-40)35-43(41)51-53(46(3,4)5,37-24-15-11-16-25-37)38-26-17-12-18-27-38/h1,11-22,24-33,36,41-44,48H,10,23,34-35H2,2-8H3/b33-32+/t36-,41+,42-,43+,44-/m0/s1. The van der Waals surface area contributed by atoms with Gasteiger partial charge in [0.2, 0.25) is 0 Å². The summed E-state index contributed by atoms with van der Waals surface area (Å²) < 4.78 is 21.4. The highest BCUT2D eigenvalue weighted by Crippen LogP contribution is 2.48. The molecule has 5 atom stereocenters. The van der Waals surface area contributed by atoms with Gasteiger partial charge >= 0.3 is 5.97 Å². The molecule has 0 aliphatic heterocycles. The Labute approximate surface area is 326 Å². The third kappa shape index (κ3) is 8.59. The summed E-state index contributed by atoms with van der Waals surface area (Å²) in [7, 11) is -6.12. The zero-order valence-corrected chi connectivity index (χ0v) is 35.1. The van der Waals surface area contributed by atoms with Crippen molar-refractivity contribution in [2.45, 2.75) is 96.1 Å². The number of terminal acetylenes is 1. The number of hydrogen-bond acceptors (Lipinski definition) is 5. The molecule has 7 heteroatoms. The third-order valence-electron chi connectivity index (χ3n) is 10.9. The number of hydrogen-bond donors (Lipinski definition) is 1. The lowest BCUT2D eigenvalue weighted by Gasteiger charge is -2.46. The molecule has 0 bridgehead atoms. The van der Waals surface area contributed by atoms with Crippen LogP contribution >= 0.6 is 0 Å². The van der Waals surface area contributed by atoms with Crippen molar-refractivity contribution < 1.29 is 23.5 Å². The minimum Gasteiger partial charge on any atom is -0.466 e. The number of carbonyl (C=O) groups is 1. The van der Waals surface area contributed by atoms with Gasteiger partial charge in [-0.25, -0.2) is 0 Å². The number of rotatable bonds is 14. The van der Waals surface area contributed by atoms with Gasteiger partial charge in [-0.3, -0.25) is 4.79 Å². The molecule has 0 aromatic heterocycles. The SMILES string of the molecule is C#CC[C@H](O)/C=C/[C@@H]1[C@H](CC(=O)OCC)[C@@H](O[Si](c2ccccc2)(c2ccccc2)C(C)(C)C)C[C@H]1O[Si](c1ccccc1)(c1ccccc1)C(C)(C)C. The van der Waals surface area contributed by atoms with Crippen molar-refractivity contribution in [2.75, 3.05) is 6.61 Å². The molecule has 1 N–H and O–H groups in total. The molecule has 0 saturated heterocycles. The lowest BCUT2D eigenvalue weighted by Crippen LogP contribution is -2.68. The summed E-state index contributed by atoms with van der Waals surface area (Å²) in [5.74, 6) is 1.73. The Kier molecular flexibility index (Phi) is 13.4. The van der Waals surface area contributed by atoms with Crippen LogP contribution in [-0.4, -0.2) is 52.6 Å². The minimum absolute atomic E-state index is 0.150. The Morgan fingerprint density at radius 3 is 1.48 bits per heavy atom. The summed E-state index contributed by atoms with van der Waals surface area (Å²) in [5, 5.41) is 15.1. The highest BCUT2D eigenvalue weighted by atomic mass is 28.4. The van der Waals surface area contributed by atoms with E-state index in [0.717, 1.165) is 0 Å². The largest absolute Gasteiger partial charge is 0.466 e. The molecular weight excluding hydrogens is 701 g/mol.